The van der Waals surface area contributed by atoms with Gasteiger partial charge >= 0.3 is 0 Å². The Kier molecular flexibility index (Phi) is 4.58. The third-order valence-electron chi connectivity index (χ3n) is 2.72. The van der Waals surface area contributed by atoms with Crippen LogP contribution in [0.15, 0.2) is 0 Å². The maximum absolute atomic E-state index is 8.61. The van der Waals surface area contributed by atoms with Crippen LogP contribution in [0, 0.1) is 5.92 Å². The molecular formula is C9H20N2O. The lowest BCUT2D eigenvalue weighted by Gasteiger charge is -2.28. The summed E-state index contributed by atoms with van der Waals surface area (Å²) in [6, 6.07) is 0.625. The highest BCUT2D eigenvalue weighted by Gasteiger charge is 2.18. The Hall–Kier alpha value is -0.120. The standard InChI is InChI=1S/C9H20N2O/c10-7-8-1-3-9(4-2-8)11-5-6-12/h8-9,11-12H,1-7,10H2. The summed E-state index contributed by atoms with van der Waals surface area (Å²) in [5.74, 6) is 0.747. The Labute approximate surface area is 74.3 Å². The molecule has 0 aromatic heterocycles. The number of nitrogens with one attached hydrogen (secondary N) is 1. The smallest absolute Gasteiger partial charge is 0.0556 e. The summed E-state index contributed by atoms with van der Waals surface area (Å²) in [4.78, 5) is 0. The zero-order valence-corrected chi connectivity index (χ0v) is 7.63. The van der Waals surface area contributed by atoms with Crippen LogP contribution in [0.2, 0.25) is 0 Å². The van der Waals surface area contributed by atoms with Gasteiger partial charge in [0.15, 0.2) is 0 Å². The molecule has 0 aromatic rings. The molecule has 1 aliphatic carbocycles. The Balaban J connectivity index is 2.09. The van der Waals surface area contributed by atoms with Gasteiger partial charge < -0.3 is 16.2 Å². The summed E-state index contributed by atoms with van der Waals surface area (Å²) in [6.07, 6.45) is 4.95. The Morgan fingerprint density at radius 1 is 1.25 bits per heavy atom. The molecule has 72 valence electrons. The lowest BCUT2D eigenvalue weighted by atomic mass is 9.86. The van der Waals surface area contributed by atoms with Crippen molar-refractivity contribution in [2.45, 2.75) is 31.7 Å². The first kappa shape index (κ1) is 9.96. The monoisotopic (exact) mass is 172 g/mol. The molecule has 0 atom stereocenters. The van der Waals surface area contributed by atoms with Crippen molar-refractivity contribution in [2.75, 3.05) is 19.7 Å². The quantitative estimate of drug-likeness (QED) is 0.563. The van der Waals surface area contributed by atoms with Gasteiger partial charge in [0.1, 0.15) is 0 Å². The van der Waals surface area contributed by atoms with Gasteiger partial charge in [-0.1, -0.05) is 0 Å². The minimum absolute atomic E-state index is 0.247. The minimum atomic E-state index is 0.247. The lowest BCUT2D eigenvalue weighted by molar-refractivity contribution is 0.254. The molecule has 0 heterocycles. The molecule has 0 aromatic carbocycles. The average molecular weight is 172 g/mol. The summed E-state index contributed by atoms with van der Waals surface area (Å²) in [5, 5.41) is 11.9. The molecular weight excluding hydrogens is 152 g/mol. The van der Waals surface area contributed by atoms with Crippen molar-refractivity contribution >= 4 is 0 Å². The van der Waals surface area contributed by atoms with Crippen LogP contribution in [0.3, 0.4) is 0 Å². The van der Waals surface area contributed by atoms with Gasteiger partial charge in [0, 0.05) is 12.6 Å². The van der Waals surface area contributed by atoms with Gasteiger partial charge in [0.05, 0.1) is 6.61 Å². The number of hydrogen-bond acceptors (Lipinski definition) is 3. The van der Waals surface area contributed by atoms with E-state index in [1.54, 1.807) is 0 Å². The maximum Gasteiger partial charge on any atom is 0.0556 e. The van der Waals surface area contributed by atoms with E-state index in [1.165, 1.54) is 25.7 Å². The summed E-state index contributed by atoms with van der Waals surface area (Å²) in [7, 11) is 0. The first-order valence-corrected chi connectivity index (χ1v) is 4.91. The highest BCUT2D eigenvalue weighted by molar-refractivity contribution is 4.77. The third-order valence-corrected chi connectivity index (χ3v) is 2.72. The van der Waals surface area contributed by atoms with Gasteiger partial charge in [-0.05, 0) is 38.1 Å². The summed E-state index contributed by atoms with van der Waals surface area (Å²) in [5.41, 5.74) is 5.59. The van der Waals surface area contributed by atoms with Gasteiger partial charge in [-0.2, -0.15) is 0 Å². The summed E-state index contributed by atoms with van der Waals surface area (Å²) < 4.78 is 0. The Bertz CT molecular complexity index is 111. The van der Waals surface area contributed by atoms with E-state index in [-0.39, 0.29) is 6.61 Å². The number of aliphatic hydroxyl groups excluding tert-OH is 1. The van der Waals surface area contributed by atoms with Crippen LogP contribution in [-0.2, 0) is 0 Å². The van der Waals surface area contributed by atoms with Crippen molar-refractivity contribution in [3.8, 4) is 0 Å². The van der Waals surface area contributed by atoms with Gasteiger partial charge in [0.2, 0.25) is 0 Å². The van der Waals surface area contributed by atoms with Crippen LogP contribution < -0.4 is 11.1 Å². The van der Waals surface area contributed by atoms with Crippen molar-refractivity contribution in [1.82, 2.24) is 5.32 Å². The number of rotatable bonds is 4. The second-order valence-corrected chi connectivity index (χ2v) is 3.63. The normalized spacial score (nSPS) is 30.5. The molecule has 3 nitrogen and oxygen atoms in total. The van der Waals surface area contributed by atoms with Crippen LogP contribution >= 0.6 is 0 Å². The second-order valence-electron chi connectivity index (χ2n) is 3.63. The predicted molar refractivity (Wildman–Crippen MR) is 49.9 cm³/mol. The zero-order chi connectivity index (χ0) is 8.81. The third kappa shape index (κ3) is 3.09. The van der Waals surface area contributed by atoms with Crippen molar-refractivity contribution in [1.29, 1.82) is 0 Å². The van der Waals surface area contributed by atoms with Crippen LogP contribution in [0.1, 0.15) is 25.7 Å². The van der Waals surface area contributed by atoms with Gasteiger partial charge in [-0.15, -0.1) is 0 Å². The molecule has 4 N–H and O–H groups in total. The molecule has 1 saturated carbocycles. The fraction of sp³-hybridized carbons (Fsp3) is 1.00. The van der Waals surface area contributed by atoms with Crippen LogP contribution in [0.5, 0.6) is 0 Å². The van der Waals surface area contributed by atoms with Crippen molar-refractivity contribution in [2.24, 2.45) is 11.7 Å². The molecule has 1 aliphatic rings. The fourth-order valence-electron chi connectivity index (χ4n) is 1.87. The molecule has 0 spiro atoms. The number of hydrogen-bond donors (Lipinski definition) is 3. The predicted octanol–water partition coefficient (Wildman–Crippen LogP) is 0.0858. The van der Waals surface area contributed by atoms with Crippen molar-refractivity contribution in [3.05, 3.63) is 0 Å². The van der Waals surface area contributed by atoms with E-state index < -0.39 is 0 Å². The van der Waals surface area contributed by atoms with E-state index in [0.717, 1.165) is 19.0 Å². The van der Waals surface area contributed by atoms with E-state index in [1.807, 2.05) is 0 Å². The number of nitrogens with two attached hydrogens (primary N) is 1. The molecule has 0 aliphatic heterocycles. The first-order chi connectivity index (χ1) is 5.86. The minimum Gasteiger partial charge on any atom is -0.395 e. The maximum atomic E-state index is 8.61. The second kappa shape index (κ2) is 5.51. The highest BCUT2D eigenvalue weighted by Crippen LogP contribution is 2.22. The molecule has 1 fully saturated rings. The average Bonchev–Trinajstić information content (AvgIpc) is 2.15. The SMILES string of the molecule is NCC1CCC(NCCO)CC1. The van der Waals surface area contributed by atoms with Gasteiger partial charge in [-0.3, -0.25) is 0 Å². The van der Waals surface area contributed by atoms with Gasteiger partial charge in [0.25, 0.3) is 0 Å². The summed E-state index contributed by atoms with van der Waals surface area (Å²) >= 11 is 0. The van der Waals surface area contributed by atoms with Crippen LogP contribution in [0.4, 0.5) is 0 Å². The van der Waals surface area contributed by atoms with Crippen molar-refractivity contribution < 1.29 is 5.11 Å². The molecule has 12 heavy (non-hydrogen) atoms. The lowest BCUT2D eigenvalue weighted by Crippen LogP contribution is -2.36. The molecule has 0 saturated heterocycles. The topological polar surface area (TPSA) is 58.3 Å². The first-order valence-electron chi connectivity index (χ1n) is 4.91. The molecule has 3 heteroatoms. The molecule has 0 unspecified atom stereocenters. The van der Waals surface area contributed by atoms with E-state index in [9.17, 15) is 0 Å². The zero-order valence-electron chi connectivity index (χ0n) is 7.63. The van der Waals surface area contributed by atoms with Crippen LogP contribution in [0.25, 0.3) is 0 Å². The Morgan fingerprint density at radius 3 is 2.42 bits per heavy atom. The van der Waals surface area contributed by atoms with E-state index in [2.05, 4.69) is 5.32 Å². The van der Waals surface area contributed by atoms with Crippen LogP contribution in [-0.4, -0.2) is 30.8 Å². The Morgan fingerprint density at radius 2 is 1.92 bits per heavy atom. The fourth-order valence-corrected chi connectivity index (χ4v) is 1.87. The van der Waals surface area contributed by atoms with Crippen molar-refractivity contribution in [3.63, 3.8) is 0 Å². The van der Waals surface area contributed by atoms with E-state index >= 15 is 0 Å². The molecule has 0 radical (unpaired) electrons. The van der Waals surface area contributed by atoms with E-state index in [0.29, 0.717) is 6.04 Å². The summed E-state index contributed by atoms with van der Waals surface area (Å²) in [6.45, 7) is 1.82. The largest absolute Gasteiger partial charge is 0.395 e. The van der Waals surface area contributed by atoms with Gasteiger partial charge in [-0.25, -0.2) is 0 Å². The highest BCUT2D eigenvalue weighted by atomic mass is 16.3. The molecule has 0 bridgehead atoms. The van der Waals surface area contributed by atoms with E-state index in [4.69, 9.17) is 10.8 Å². The number of aliphatic hydroxyl groups is 1. The molecule has 0 amide bonds. The molecule has 1 rings (SSSR count).